The van der Waals surface area contributed by atoms with Gasteiger partial charge in [-0.3, -0.25) is 9.59 Å². The summed E-state index contributed by atoms with van der Waals surface area (Å²) < 4.78 is 0. The molecule has 5 nitrogen and oxygen atoms in total. The van der Waals surface area contributed by atoms with E-state index in [1.165, 1.54) is 0 Å². The van der Waals surface area contributed by atoms with Crippen molar-refractivity contribution in [2.45, 2.75) is 51.7 Å². The molecule has 1 aromatic carbocycles. The van der Waals surface area contributed by atoms with Crippen molar-refractivity contribution in [1.82, 2.24) is 9.80 Å². The van der Waals surface area contributed by atoms with Crippen molar-refractivity contribution < 1.29 is 14.7 Å². The summed E-state index contributed by atoms with van der Waals surface area (Å²) in [6, 6.07) is 7.12. The number of hydrogen-bond acceptors (Lipinski definition) is 3. The van der Waals surface area contributed by atoms with Gasteiger partial charge in [-0.1, -0.05) is 19.1 Å². The zero-order valence-electron chi connectivity index (χ0n) is 15.1. The summed E-state index contributed by atoms with van der Waals surface area (Å²) in [7, 11) is 1.78. The van der Waals surface area contributed by atoms with Gasteiger partial charge in [-0.25, -0.2) is 0 Å². The minimum atomic E-state index is -0.691. The second kappa shape index (κ2) is 7.34. The van der Waals surface area contributed by atoms with Gasteiger partial charge in [-0.05, 0) is 50.8 Å². The van der Waals surface area contributed by atoms with E-state index in [0.29, 0.717) is 31.5 Å². The predicted octanol–water partition coefficient (Wildman–Crippen LogP) is 2.08. The maximum absolute atomic E-state index is 12.8. The first-order valence-electron chi connectivity index (χ1n) is 8.60. The highest BCUT2D eigenvalue weighted by Gasteiger charge is 2.34. The van der Waals surface area contributed by atoms with Crippen molar-refractivity contribution in [2.75, 3.05) is 20.1 Å². The number of rotatable bonds is 5. The second-order valence-electron chi connectivity index (χ2n) is 7.19. The fourth-order valence-corrected chi connectivity index (χ4v) is 2.98. The molecule has 0 saturated carbocycles. The van der Waals surface area contributed by atoms with Gasteiger partial charge in [-0.15, -0.1) is 0 Å². The van der Waals surface area contributed by atoms with Crippen molar-refractivity contribution in [3.05, 3.63) is 35.4 Å². The topological polar surface area (TPSA) is 60.9 Å². The molecule has 0 spiro atoms. The average molecular weight is 332 g/mol. The molecular weight excluding hydrogens is 304 g/mol. The Hall–Kier alpha value is -1.88. The highest BCUT2D eigenvalue weighted by Crippen LogP contribution is 2.18. The molecule has 5 heteroatoms. The Labute approximate surface area is 144 Å². The SMILES string of the molecule is CCC1C(=O)N(C)CCN1C(=O)c1ccc(CCC(C)(C)O)cc1. The van der Waals surface area contributed by atoms with Crippen LogP contribution in [-0.2, 0) is 11.2 Å². The van der Waals surface area contributed by atoms with Gasteiger partial charge in [0.15, 0.2) is 0 Å². The summed E-state index contributed by atoms with van der Waals surface area (Å²) in [5, 5.41) is 9.80. The first-order chi connectivity index (χ1) is 11.2. The van der Waals surface area contributed by atoms with Gasteiger partial charge < -0.3 is 14.9 Å². The summed E-state index contributed by atoms with van der Waals surface area (Å²) in [5.74, 6) is -0.0729. The third-order valence-electron chi connectivity index (χ3n) is 4.59. The van der Waals surface area contributed by atoms with Crippen molar-refractivity contribution in [2.24, 2.45) is 0 Å². The molecule has 24 heavy (non-hydrogen) atoms. The average Bonchev–Trinajstić information content (AvgIpc) is 2.54. The van der Waals surface area contributed by atoms with Crippen molar-refractivity contribution in [1.29, 1.82) is 0 Å². The third-order valence-corrected chi connectivity index (χ3v) is 4.59. The summed E-state index contributed by atoms with van der Waals surface area (Å²) in [4.78, 5) is 28.4. The van der Waals surface area contributed by atoms with Crippen LogP contribution in [-0.4, -0.2) is 58.5 Å². The first kappa shape index (κ1) is 18.5. The van der Waals surface area contributed by atoms with Crippen LogP contribution in [0.3, 0.4) is 0 Å². The molecule has 1 fully saturated rings. The lowest BCUT2D eigenvalue weighted by Crippen LogP contribution is -2.57. The molecule has 0 bridgehead atoms. The van der Waals surface area contributed by atoms with E-state index in [4.69, 9.17) is 0 Å². The van der Waals surface area contributed by atoms with Crippen LogP contribution in [0.2, 0.25) is 0 Å². The molecule has 1 heterocycles. The Kier molecular flexibility index (Phi) is 5.65. The van der Waals surface area contributed by atoms with Crippen LogP contribution >= 0.6 is 0 Å². The standard InChI is InChI=1S/C19H28N2O3/c1-5-16-18(23)20(4)12-13-21(16)17(22)15-8-6-14(7-9-15)10-11-19(2,3)24/h6-9,16,24H,5,10-13H2,1-4H3. The molecule has 1 aliphatic heterocycles. The third kappa shape index (κ3) is 4.35. The molecule has 1 saturated heterocycles. The molecule has 1 aromatic rings. The molecule has 132 valence electrons. The van der Waals surface area contributed by atoms with E-state index in [1.54, 1.807) is 30.7 Å². The Bertz CT molecular complexity index is 590. The van der Waals surface area contributed by atoms with Gasteiger partial charge in [0.25, 0.3) is 5.91 Å². The summed E-state index contributed by atoms with van der Waals surface area (Å²) in [6.07, 6.45) is 2.06. The molecule has 2 amide bonds. The molecule has 0 aliphatic carbocycles. The number of hydrogen-bond donors (Lipinski definition) is 1. The fourth-order valence-electron chi connectivity index (χ4n) is 2.98. The van der Waals surface area contributed by atoms with Gasteiger partial charge in [0.1, 0.15) is 6.04 Å². The lowest BCUT2D eigenvalue weighted by atomic mass is 9.98. The number of likely N-dealkylation sites (N-methyl/N-ethyl adjacent to an activating group) is 1. The maximum atomic E-state index is 12.8. The zero-order chi connectivity index (χ0) is 17.9. The number of aliphatic hydroxyl groups is 1. The Morgan fingerprint density at radius 1 is 1.25 bits per heavy atom. The molecule has 2 rings (SSSR count). The molecule has 1 atom stereocenters. The molecule has 0 radical (unpaired) electrons. The number of carbonyl (C=O) groups is 2. The van der Waals surface area contributed by atoms with Crippen LogP contribution < -0.4 is 0 Å². The molecule has 1 N–H and O–H groups in total. The van der Waals surface area contributed by atoms with Gasteiger partial charge in [0, 0.05) is 25.7 Å². The zero-order valence-corrected chi connectivity index (χ0v) is 15.1. The van der Waals surface area contributed by atoms with E-state index < -0.39 is 5.60 Å². The van der Waals surface area contributed by atoms with Gasteiger partial charge in [0.05, 0.1) is 5.60 Å². The number of piperazine rings is 1. The van der Waals surface area contributed by atoms with Gasteiger partial charge in [0.2, 0.25) is 5.91 Å². The van der Waals surface area contributed by atoms with Crippen LogP contribution in [0.1, 0.15) is 49.5 Å². The van der Waals surface area contributed by atoms with Crippen LogP contribution in [0.4, 0.5) is 0 Å². The van der Waals surface area contributed by atoms with E-state index in [9.17, 15) is 14.7 Å². The highest BCUT2D eigenvalue weighted by molar-refractivity contribution is 5.98. The fraction of sp³-hybridized carbons (Fsp3) is 0.579. The van der Waals surface area contributed by atoms with E-state index >= 15 is 0 Å². The quantitative estimate of drug-likeness (QED) is 0.898. The Morgan fingerprint density at radius 2 is 1.88 bits per heavy atom. The second-order valence-corrected chi connectivity index (χ2v) is 7.19. The number of nitrogens with zero attached hydrogens (tertiary/aromatic N) is 2. The normalized spacial score (nSPS) is 18.9. The first-order valence-corrected chi connectivity index (χ1v) is 8.60. The molecule has 0 aromatic heterocycles. The highest BCUT2D eigenvalue weighted by atomic mass is 16.3. The smallest absolute Gasteiger partial charge is 0.254 e. The monoisotopic (exact) mass is 332 g/mol. The molecule has 1 aliphatic rings. The van der Waals surface area contributed by atoms with E-state index in [-0.39, 0.29) is 17.9 Å². The predicted molar refractivity (Wildman–Crippen MR) is 93.8 cm³/mol. The van der Waals surface area contributed by atoms with Crippen LogP contribution in [0.5, 0.6) is 0 Å². The van der Waals surface area contributed by atoms with Crippen molar-refractivity contribution >= 4 is 11.8 Å². The summed E-state index contributed by atoms with van der Waals surface area (Å²) in [5.41, 5.74) is 1.01. The summed E-state index contributed by atoms with van der Waals surface area (Å²) >= 11 is 0. The van der Waals surface area contributed by atoms with Crippen LogP contribution in [0.15, 0.2) is 24.3 Å². The Morgan fingerprint density at radius 3 is 2.42 bits per heavy atom. The Balaban J connectivity index is 2.08. The van der Waals surface area contributed by atoms with Crippen LogP contribution in [0, 0.1) is 0 Å². The minimum Gasteiger partial charge on any atom is -0.390 e. The summed E-state index contributed by atoms with van der Waals surface area (Å²) in [6.45, 7) is 6.66. The number of benzene rings is 1. The van der Waals surface area contributed by atoms with Crippen molar-refractivity contribution in [3.63, 3.8) is 0 Å². The number of carbonyl (C=O) groups excluding carboxylic acids is 2. The van der Waals surface area contributed by atoms with E-state index in [1.807, 2.05) is 31.2 Å². The largest absolute Gasteiger partial charge is 0.390 e. The van der Waals surface area contributed by atoms with Gasteiger partial charge in [-0.2, -0.15) is 0 Å². The number of amides is 2. The molecule has 1 unspecified atom stereocenters. The van der Waals surface area contributed by atoms with Gasteiger partial charge >= 0.3 is 0 Å². The lowest BCUT2D eigenvalue weighted by Gasteiger charge is -2.38. The number of aryl methyl sites for hydroxylation is 1. The van der Waals surface area contributed by atoms with E-state index in [2.05, 4.69) is 0 Å². The van der Waals surface area contributed by atoms with E-state index in [0.717, 1.165) is 12.0 Å². The minimum absolute atomic E-state index is 0.0129. The maximum Gasteiger partial charge on any atom is 0.254 e. The lowest BCUT2D eigenvalue weighted by molar-refractivity contribution is -0.138. The van der Waals surface area contributed by atoms with Crippen LogP contribution in [0.25, 0.3) is 0 Å². The molecular formula is C19H28N2O3. The van der Waals surface area contributed by atoms with Crippen molar-refractivity contribution in [3.8, 4) is 0 Å².